The largest absolute Gasteiger partial charge is 0.480 e. The smallest absolute Gasteiger partial charge is 0.326 e. The summed E-state index contributed by atoms with van der Waals surface area (Å²) in [6.07, 6.45) is 5.50. The number of rotatable bonds is 8. The number of ether oxygens (including phenoxy) is 1. The Morgan fingerprint density at radius 3 is 2.83 bits per heavy atom. The van der Waals surface area contributed by atoms with E-state index in [2.05, 4.69) is 5.32 Å². The summed E-state index contributed by atoms with van der Waals surface area (Å²) in [4.78, 5) is 22.6. The Morgan fingerprint density at radius 1 is 1.50 bits per heavy atom. The number of carbonyl (C=O) groups is 2. The molecule has 2 N–H and O–H groups in total. The molecule has 1 amide bonds. The van der Waals surface area contributed by atoms with Crippen molar-refractivity contribution in [2.75, 3.05) is 6.61 Å². The standard InChI is InChI=1S/C13H23NO4/c1-2-3-6-11(13(16)17)14-12(15)8-7-10-5-4-9-18-10/h10-11H,2-9H2,1H3,(H,14,15)(H,16,17). The van der Waals surface area contributed by atoms with Crippen LogP contribution in [0.15, 0.2) is 0 Å². The number of hydrogen-bond acceptors (Lipinski definition) is 3. The molecule has 104 valence electrons. The van der Waals surface area contributed by atoms with Crippen LogP contribution in [0.25, 0.3) is 0 Å². The van der Waals surface area contributed by atoms with Gasteiger partial charge in [0, 0.05) is 13.0 Å². The van der Waals surface area contributed by atoms with E-state index in [1.807, 2.05) is 6.92 Å². The van der Waals surface area contributed by atoms with Crippen molar-refractivity contribution in [3.8, 4) is 0 Å². The molecule has 1 fully saturated rings. The Balaban J connectivity index is 2.24. The third-order valence-corrected chi connectivity index (χ3v) is 3.20. The number of carbonyl (C=O) groups excluding carboxylic acids is 1. The maximum Gasteiger partial charge on any atom is 0.326 e. The lowest BCUT2D eigenvalue weighted by atomic mass is 10.1. The molecule has 1 aliphatic rings. The lowest BCUT2D eigenvalue weighted by Gasteiger charge is -2.15. The van der Waals surface area contributed by atoms with Crippen LogP contribution in [-0.4, -0.2) is 35.7 Å². The highest BCUT2D eigenvalue weighted by Gasteiger charge is 2.21. The Hall–Kier alpha value is -1.10. The van der Waals surface area contributed by atoms with Gasteiger partial charge in [-0.1, -0.05) is 19.8 Å². The molecular formula is C13H23NO4. The monoisotopic (exact) mass is 257 g/mol. The van der Waals surface area contributed by atoms with Crippen LogP contribution in [-0.2, 0) is 14.3 Å². The van der Waals surface area contributed by atoms with E-state index in [4.69, 9.17) is 9.84 Å². The number of aliphatic carboxylic acids is 1. The quantitative estimate of drug-likeness (QED) is 0.694. The van der Waals surface area contributed by atoms with E-state index >= 15 is 0 Å². The van der Waals surface area contributed by atoms with E-state index in [-0.39, 0.29) is 12.0 Å². The van der Waals surface area contributed by atoms with Crippen LogP contribution in [0.3, 0.4) is 0 Å². The third-order valence-electron chi connectivity index (χ3n) is 3.20. The van der Waals surface area contributed by atoms with Crippen molar-refractivity contribution in [2.45, 2.75) is 64.0 Å². The number of amides is 1. The van der Waals surface area contributed by atoms with Gasteiger partial charge in [-0.05, 0) is 25.7 Å². The molecule has 1 aliphatic heterocycles. The second-order valence-corrected chi connectivity index (χ2v) is 4.77. The van der Waals surface area contributed by atoms with Crippen LogP contribution in [0.5, 0.6) is 0 Å². The zero-order valence-corrected chi connectivity index (χ0v) is 11.0. The molecule has 1 heterocycles. The normalized spacial score (nSPS) is 20.6. The van der Waals surface area contributed by atoms with E-state index in [0.29, 0.717) is 19.3 Å². The van der Waals surface area contributed by atoms with Crippen LogP contribution in [0.2, 0.25) is 0 Å². The Labute approximate surface area is 108 Å². The molecule has 0 aromatic rings. The van der Waals surface area contributed by atoms with Gasteiger partial charge in [0.25, 0.3) is 0 Å². The predicted octanol–water partition coefficient (Wildman–Crippen LogP) is 1.71. The SMILES string of the molecule is CCCCC(NC(=O)CCC1CCCO1)C(=O)O. The van der Waals surface area contributed by atoms with Gasteiger partial charge in [-0.2, -0.15) is 0 Å². The van der Waals surface area contributed by atoms with Crippen molar-refractivity contribution in [2.24, 2.45) is 0 Å². The van der Waals surface area contributed by atoms with E-state index in [1.54, 1.807) is 0 Å². The number of unbranched alkanes of at least 4 members (excludes halogenated alkanes) is 1. The van der Waals surface area contributed by atoms with E-state index < -0.39 is 12.0 Å². The van der Waals surface area contributed by atoms with Crippen molar-refractivity contribution in [1.82, 2.24) is 5.32 Å². The summed E-state index contributed by atoms with van der Waals surface area (Å²) < 4.78 is 5.42. The van der Waals surface area contributed by atoms with Crippen molar-refractivity contribution >= 4 is 11.9 Å². The molecule has 5 heteroatoms. The van der Waals surface area contributed by atoms with Gasteiger partial charge >= 0.3 is 5.97 Å². The fraction of sp³-hybridized carbons (Fsp3) is 0.846. The molecule has 2 unspecified atom stereocenters. The average Bonchev–Trinajstić information content (AvgIpc) is 2.84. The summed E-state index contributed by atoms with van der Waals surface area (Å²) in [6, 6.07) is -0.748. The second-order valence-electron chi connectivity index (χ2n) is 4.77. The minimum atomic E-state index is -0.950. The van der Waals surface area contributed by atoms with E-state index in [9.17, 15) is 9.59 Å². The van der Waals surface area contributed by atoms with Crippen LogP contribution in [0.1, 0.15) is 51.9 Å². The molecule has 0 aromatic carbocycles. The molecule has 0 aliphatic carbocycles. The van der Waals surface area contributed by atoms with Crippen LogP contribution >= 0.6 is 0 Å². The minimum absolute atomic E-state index is 0.176. The molecule has 5 nitrogen and oxygen atoms in total. The first kappa shape index (κ1) is 15.0. The molecule has 1 saturated heterocycles. The first-order valence-electron chi connectivity index (χ1n) is 6.77. The minimum Gasteiger partial charge on any atom is -0.480 e. The number of carboxylic acid groups (broad SMARTS) is 1. The van der Waals surface area contributed by atoms with Crippen LogP contribution < -0.4 is 5.32 Å². The van der Waals surface area contributed by atoms with Crippen molar-refractivity contribution in [3.63, 3.8) is 0 Å². The zero-order valence-electron chi connectivity index (χ0n) is 11.0. The zero-order chi connectivity index (χ0) is 13.4. The molecule has 0 spiro atoms. The highest BCUT2D eigenvalue weighted by Crippen LogP contribution is 2.16. The molecule has 0 bridgehead atoms. The first-order valence-corrected chi connectivity index (χ1v) is 6.77. The van der Waals surface area contributed by atoms with Gasteiger partial charge < -0.3 is 15.2 Å². The van der Waals surface area contributed by atoms with E-state index in [1.165, 1.54) is 0 Å². The lowest BCUT2D eigenvalue weighted by Crippen LogP contribution is -2.40. The molecule has 2 atom stereocenters. The molecular weight excluding hydrogens is 234 g/mol. The summed E-state index contributed by atoms with van der Waals surface area (Å²) in [5, 5.41) is 11.6. The Morgan fingerprint density at radius 2 is 2.28 bits per heavy atom. The summed E-state index contributed by atoms with van der Waals surface area (Å²) in [5.74, 6) is -1.14. The Bertz CT molecular complexity index is 274. The first-order chi connectivity index (χ1) is 8.63. The number of carboxylic acids is 1. The summed E-state index contributed by atoms with van der Waals surface area (Å²) >= 11 is 0. The molecule has 18 heavy (non-hydrogen) atoms. The third kappa shape index (κ3) is 5.49. The van der Waals surface area contributed by atoms with Crippen LogP contribution in [0.4, 0.5) is 0 Å². The average molecular weight is 257 g/mol. The predicted molar refractivity (Wildman–Crippen MR) is 67.3 cm³/mol. The fourth-order valence-corrected chi connectivity index (χ4v) is 2.10. The maximum atomic E-state index is 11.6. The van der Waals surface area contributed by atoms with Crippen LogP contribution in [0, 0.1) is 0 Å². The van der Waals surface area contributed by atoms with E-state index in [0.717, 1.165) is 32.3 Å². The topological polar surface area (TPSA) is 75.6 Å². The Kier molecular flexibility index (Phi) is 6.72. The lowest BCUT2D eigenvalue weighted by molar-refractivity contribution is -0.142. The highest BCUT2D eigenvalue weighted by molar-refractivity contribution is 5.83. The van der Waals surface area contributed by atoms with Gasteiger partial charge in [0.15, 0.2) is 0 Å². The van der Waals surface area contributed by atoms with Gasteiger partial charge in [0.1, 0.15) is 6.04 Å². The molecule has 0 saturated carbocycles. The van der Waals surface area contributed by atoms with Gasteiger partial charge in [-0.3, -0.25) is 4.79 Å². The summed E-state index contributed by atoms with van der Waals surface area (Å²) in [7, 11) is 0. The van der Waals surface area contributed by atoms with Gasteiger partial charge in [0.05, 0.1) is 6.10 Å². The fourth-order valence-electron chi connectivity index (χ4n) is 2.10. The summed E-state index contributed by atoms with van der Waals surface area (Å²) in [6.45, 7) is 2.78. The second kappa shape index (κ2) is 8.08. The number of nitrogens with one attached hydrogen (secondary N) is 1. The highest BCUT2D eigenvalue weighted by atomic mass is 16.5. The molecule has 1 rings (SSSR count). The molecule has 0 aromatic heterocycles. The van der Waals surface area contributed by atoms with Gasteiger partial charge in [-0.25, -0.2) is 4.79 Å². The van der Waals surface area contributed by atoms with Crippen molar-refractivity contribution in [1.29, 1.82) is 0 Å². The number of hydrogen-bond donors (Lipinski definition) is 2. The molecule has 0 radical (unpaired) electrons. The maximum absolute atomic E-state index is 11.6. The van der Waals surface area contributed by atoms with Crippen molar-refractivity contribution < 1.29 is 19.4 Å². The van der Waals surface area contributed by atoms with Crippen molar-refractivity contribution in [3.05, 3.63) is 0 Å². The summed E-state index contributed by atoms with van der Waals surface area (Å²) in [5.41, 5.74) is 0. The van der Waals surface area contributed by atoms with Gasteiger partial charge in [-0.15, -0.1) is 0 Å². The van der Waals surface area contributed by atoms with Gasteiger partial charge in [0.2, 0.25) is 5.91 Å².